The van der Waals surface area contributed by atoms with Crippen LogP contribution < -0.4 is 5.73 Å². The highest BCUT2D eigenvalue weighted by molar-refractivity contribution is 7.80. The fraction of sp³-hybridized carbons (Fsp3) is 0.100. The molecule has 0 aliphatic heterocycles. The van der Waals surface area contributed by atoms with E-state index in [1.807, 2.05) is 6.20 Å². The Morgan fingerprint density at radius 3 is 3.00 bits per heavy atom. The van der Waals surface area contributed by atoms with Crippen LogP contribution in [0.1, 0.15) is 5.56 Å². The van der Waals surface area contributed by atoms with Crippen molar-refractivity contribution in [2.75, 3.05) is 0 Å². The Morgan fingerprint density at radius 1 is 1.50 bits per heavy atom. The van der Waals surface area contributed by atoms with Crippen LogP contribution in [0.15, 0.2) is 24.4 Å². The van der Waals surface area contributed by atoms with E-state index in [-0.39, 0.29) is 5.82 Å². The molecule has 1 aromatic carbocycles. The minimum absolute atomic E-state index is 0.249. The molecule has 0 bridgehead atoms. The number of nitrogens with two attached hydrogens (primary N) is 1. The molecule has 0 saturated carbocycles. The van der Waals surface area contributed by atoms with E-state index in [1.54, 1.807) is 6.07 Å². The zero-order valence-electron chi connectivity index (χ0n) is 7.38. The van der Waals surface area contributed by atoms with Crippen LogP contribution in [0.25, 0.3) is 10.9 Å². The molecule has 0 aliphatic carbocycles. The molecule has 3 N–H and O–H groups in total. The second kappa shape index (κ2) is 3.38. The van der Waals surface area contributed by atoms with Crippen molar-refractivity contribution in [2.45, 2.75) is 6.42 Å². The summed E-state index contributed by atoms with van der Waals surface area (Å²) in [7, 11) is 0. The van der Waals surface area contributed by atoms with Crippen LogP contribution in [0.2, 0.25) is 0 Å². The van der Waals surface area contributed by atoms with E-state index in [4.69, 9.17) is 18.0 Å². The molecule has 2 aromatic rings. The summed E-state index contributed by atoms with van der Waals surface area (Å²) >= 11 is 4.82. The first-order valence-corrected chi connectivity index (χ1v) is 4.61. The van der Waals surface area contributed by atoms with Crippen molar-refractivity contribution in [3.63, 3.8) is 0 Å². The Labute approximate surface area is 85.9 Å². The van der Waals surface area contributed by atoms with Gasteiger partial charge in [0.15, 0.2) is 0 Å². The summed E-state index contributed by atoms with van der Waals surface area (Å²) in [5.41, 5.74) is 7.23. The first-order chi connectivity index (χ1) is 6.66. The summed E-state index contributed by atoms with van der Waals surface area (Å²) < 4.78 is 12.8. The van der Waals surface area contributed by atoms with Crippen LogP contribution in [0.3, 0.4) is 0 Å². The molecule has 0 atom stereocenters. The lowest BCUT2D eigenvalue weighted by Crippen LogP contribution is -2.10. The number of aromatic amines is 1. The largest absolute Gasteiger partial charge is 0.393 e. The van der Waals surface area contributed by atoms with Crippen molar-refractivity contribution in [3.8, 4) is 0 Å². The molecule has 0 aliphatic rings. The number of benzene rings is 1. The van der Waals surface area contributed by atoms with Gasteiger partial charge >= 0.3 is 0 Å². The standard InChI is InChI=1S/C10H9FN2S/c11-7-1-2-8-6(3-10(12)14)5-13-9(8)4-7/h1-2,4-5,13H,3H2,(H2,12,14). The number of fused-ring (bicyclic) bond motifs is 1. The minimum atomic E-state index is -0.249. The average molecular weight is 208 g/mol. The van der Waals surface area contributed by atoms with Crippen molar-refractivity contribution in [2.24, 2.45) is 5.73 Å². The Morgan fingerprint density at radius 2 is 2.29 bits per heavy atom. The van der Waals surface area contributed by atoms with Crippen LogP contribution in [0.4, 0.5) is 4.39 Å². The summed E-state index contributed by atoms with van der Waals surface area (Å²) in [6.45, 7) is 0. The maximum absolute atomic E-state index is 12.8. The van der Waals surface area contributed by atoms with Crippen molar-refractivity contribution >= 4 is 28.1 Å². The highest BCUT2D eigenvalue weighted by atomic mass is 32.1. The maximum Gasteiger partial charge on any atom is 0.125 e. The minimum Gasteiger partial charge on any atom is -0.393 e. The molecule has 2 nitrogen and oxygen atoms in total. The molecule has 2 rings (SSSR count). The summed E-state index contributed by atoms with van der Waals surface area (Å²) in [6.07, 6.45) is 2.35. The van der Waals surface area contributed by atoms with E-state index in [0.717, 1.165) is 16.5 Å². The van der Waals surface area contributed by atoms with Gasteiger partial charge in [-0.05, 0) is 23.8 Å². The molecule has 72 valence electrons. The molecule has 1 aromatic heterocycles. The van der Waals surface area contributed by atoms with E-state index in [1.165, 1.54) is 12.1 Å². The highest BCUT2D eigenvalue weighted by Crippen LogP contribution is 2.19. The second-order valence-corrected chi connectivity index (χ2v) is 3.67. The Bertz CT molecular complexity index is 490. The van der Waals surface area contributed by atoms with E-state index in [0.29, 0.717) is 11.4 Å². The number of nitrogens with one attached hydrogen (secondary N) is 1. The molecule has 0 radical (unpaired) electrons. The maximum atomic E-state index is 12.8. The number of rotatable bonds is 2. The second-order valence-electron chi connectivity index (χ2n) is 3.15. The van der Waals surface area contributed by atoms with E-state index < -0.39 is 0 Å². The third kappa shape index (κ3) is 1.61. The van der Waals surface area contributed by atoms with Gasteiger partial charge < -0.3 is 10.7 Å². The average Bonchev–Trinajstić information content (AvgIpc) is 2.47. The Hall–Kier alpha value is -1.42. The van der Waals surface area contributed by atoms with Crippen molar-refractivity contribution < 1.29 is 4.39 Å². The van der Waals surface area contributed by atoms with Crippen molar-refractivity contribution in [1.82, 2.24) is 4.98 Å². The third-order valence-corrected chi connectivity index (χ3v) is 2.24. The van der Waals surface area contributed by atoms with E-state index >= 15 is 0 Å². The summed E-state index contributed by atoms with van der Waals surface area (Å²) in [6, 6.07) is 4.62. The predicted octanol–water partition coefficient (Wildman–Crippen LogP) is 2.14. The predicted molar refractivity (Wildman–Crippen MR) is 58.7 cm³/mol. The number of hydrogen-bond acceptors (Lipinski definition) is 1. The van der Waals surface area contributed by atoms with Gasteiger partial charge in [-0.25, -0.2) is 4.39 Å². The number of halogens is 1. The zero-order valence-corrected chi connectivity index (χ0v) is 8.20. The van der Waals surface area contributed by atoms with Gasteiger partial charge in [-0.2, -0.15) is 0 Å². The first kappa shape index (κ1) is 9.15. The number of H-pyrrole nitrogens is 1. The van der Waals surface area contributed by atoms with Gasteiger partial charge in [0.2, 0.25) is 0 Å². The molecule has 0 fully saturated rings. The topological polar surface area (TPSA) is 41.8 Å². The lowest BCUT2D eigenvalue weighted by atomic mass is 10.1. The van der Waals surface area contributed by atoms with Crippen LogP contribution >= 0.6 is 12.2 Å². The van der Waals surface area contributed by atoms with Gasteiger partial charge in [-0.1, -0.05) is 12.2 Å². The van der Waals surface area contributed by atoms with Gasteiger partial charge in [0.1, 0.15) is 5.82 Å². The molecule has 0 spiro atoms. The molecule has 0 saturated heterocycles. The molecular formula is C10H9FN2S. The number of hydrogen-bond donors (Lipinski definition) is 2. The summed E-state index contributed by atoms with van der Waals surface area (Å²) in [5.74, 6) is -0.249. The summed E-state index contributed by atoms with van der Waals surface area (Å²) in [4.78, 5) is 3.42. The monoisotopic (exact) mass is 208 g/mol. The normalized spacial score (nSPS) is 10.6. The quantitative estimate of drug-likeness (QED) is 0.742. The molecular weight excluding hydrogens is 199 g/mol. The van der Waals surface area contributed by atoms with Crippen LogP contribution in [-0.4, -0.2) is 9.97 Å². The van der Waals surface area contributed by atoms with Crippen molar-refractivity contribution in [1.29, 1.82) is 0 Å². The fourth-order valence-corrected chi connectivity index (χ4v) is 1.65. The van der Waals surface area contributed by atoms with Gasteiger partial charge in [0.05, 0.1) is 4.99 Å². The van der Waals surface area contributed by atoms with E-state index in [2.05, 4.69) is 4.98 Å². The molecule has 1 heterocycles. The van der Waals surface area contributed by atoms with Gasteiger partial charge in [0, 0.05) is 23.5 Å². The zero-order chi connectivity index (χ0) is 10.1. The summed E-state index contributed by atoms with van der Waals surface area (Å²) in [5, 5.41) is 0.971. The van der Waals surface area contributed by atoms with Gasteiger partial charge in [0.25, 0.3) is 0 Å². The van der Waals surface area contributed by atoms with Gasteiger partial charge in [-0.3, -0.25) is 0 Å². The SMILES string of the molecule is NC(=S)Cc1c[nH]c2cc(F)ccc12. The Kier molecular flexibility index (Phi) is 2.21. The molecule has 4 heteroatoms. The number of thiocarbonyl (C=S) groups is 1. The van der Waals surface area contributed by atoms with Crippen LogP contribution in [-0.2, 0) is 6.42 Å². The smallest absolute Gasteiger partial charge is 0.125 e. The molecule has 0 amide bonds. The fourth-order valence-electron chi connectivity index (χ4n) is 1.49. The van der Waals surface area contributed by atoms with Crippen molar-refractivity contribution in [3.05, 3.63) is 35.8 Å². The van der Waals surface area contributed by atoms with E-state index in [9.17, 15) is 4.39 Å². The first-order valence-electron chi connectivity index (χ1n) is 4.20. The van der Waals surface area contributed by atoms with Gasteiger partial charge in [-0.15, -0.1) is 0 Å². The number of aromatic nitrogens is 1. The Balaban J connectivity index is 2.52. The van der Waals surface area contributed by atoms with Crippen LogP contribution in [0, 0.1) is 5.82 Å². The highest BCUT2D eigenvalue weighted by Gasteiger charge is 2.04. The van der Waals surface area contributed by atoms with Crippen LogP contribution in [0.5, 0.6) is 0 Å². The lowest BCUT2D eigenvalue weighted by Gasteiger charge is -1.96. The molecule has 14 heavy (non-hydrogen) atoms. The molecule has 0 unspecified atom stereocenters. The lowest BCUT2D eigenvalue weighted by molar-refractivity contribution is 0.629. The third-order valence-electron chi connectivity index (χ3n) is 2.09.